The molecule has 6 nitrogen and oxygen atoms in total. The highest BCUT2D eigenvalue weighted by molar-refractivity contribution is 5.76. The van der Waals surface area contributed by atoms with E-state index in [2.05, 4.69) is 9.47 Å². The van der Waals surface area contributed by atoms with Crippen LogP contribution in [0, 0.1) is 11.8 Å². The Morgan fingerprint density at radius 2 is 1.25 bits per heavy atom. The van der Waals surface area contributed by atoms with E-state index in [-0.39, 0.29) is 12.8 Å². The van der Waals surface area contributed by atoms with Crippen molar-refractivity contribution in [1.29, 1.82) is 0 Å². The van der Waals surface area contributed by atoms with Crippen LogP contribution in [-0.2, 0) is 19.1 Å². The van der Waals surface area contributed by atoms with Crippen molar-refractivity contribution in [3.05, 3.63) is 0 Å². The molecule has 1 rings (SSSR count). The summed E-state index contributed by atoms with van der Waals surface area (Å²) in [5.74, 6) is -2.70. The Morgan fingerprint density at radius 1 is 0.938 bits per heavy atom. The average Bonchev–Trinajstić information content (AvgIpc) is 2.29. The number of rotatable bonds is 2. The predicted octanol–water partition coefficient (Wildman–Crippen LogP) is -0.920. The number of aliphatic hydroxyl groups is 2. The van der Waals surface area contributed by atoms with Gasteiger partial charge in [0.05, 0.1) is 38.3 Å². The van der Waals surface area contributed by atoms with Gasteiger partial charge >= 0.3 is 11.9 Å². The molecule has 0 aromatic rings. The minimum Gasteiger partial charge on any atom is -0.469 e. The highest BCUT2D eigenvalue weighted by Crippen LogP contribution is 2.31. The Labute approximate surface area is 93.2 Å². The molecule has 0 radical (unpaired) electrons. The molecule has 4 atom stereocenters. The number of ether oxygens (including phenoxy) is 2. The van der Waals surface area contributed by atoms with Crippen LogP contribution in [0.25, 0.3) is 0 Å². The summed E-state index contributed by atoms with van der Waals surface area (Å²) in [5, 5.41) is 19.4. The van der Waals surface area contributed by atoms with Gasteiger partial charge in [-0.3, -0.25) is 9.59 Å². The quantitative estimate of drug-likeness (QED) is 0.598. The molecule has 92 valence electrons. The van der Waals surface area contributed by atoms with Crippen molar-refractivity contribution < 1.29 is 29.3 Å². The number of aliphatic hydroxyl groups excluding tert-OH is 2. The molecule has 1 aliphatic carbocycles. The van der Waals surface area contributed by atoms with Crippen LogP contribution in [0.3, 0.4) is 0 Å². The van der Waals surface area contributed by atoms with Crippen LogP contribution in [0.2, 0.25) is 0 Å². The molecule has 0 heterocycles. The second kappa shape index (κ2) is 5.27. The van der Waals surface area contributed by atoms with E-state index in [0.717, 1.165) is 0 Å². The van der Waals surface area contributed by atoms with Gasteiger partial charge < -0.3 is 19.7 Å². The van der Waals surface area contributed by atoms with Crippen LogP contribution in [0.5, 0.6) is 0 Å². The van der Waals surface area contributed by atoms with E-state index in [9.17, 15) is 19.8 Å². The molecule has 0 amide bonds. The first-order valence-corrected chi connectivity index (χ1v) is 5.03. The minimum atomic E-state index is -0.986. The van der Waals surface area contributed by atoms with Gasteiger partial charge in [0.15, 0.2) is 0 Å². The van der Waals surface area contributed by atoms with Gasteiger partial charge in [0.25, 0.3) is 0 Å². The fourth-order valence-corrected chi connectivity index (χ4v) is 1.97. The summed E-state index contributed by atoms with van der Waals surface area (Å²) in [7, 11) is 2.43. The zero-order valence-corrected chi connectivity index (χ0v) is 9.25. The predicted molar refractivity (Wildman–Crippen MR) is 52.3 cm³/mol. The van der Waals surface area contributed by atoms with Crippen molar-refractivity contribution in [3.8, 4) is 0 Å². The second-order valence-electron chi connectivity index (χ2n) is 3.87. The fraction of sp³-hybridized carbons (Fsp3) is 0.800. The molecular formula is C10H16O6. The van der Waals surface area contributed by atoms with Crippen molar-refractivity contribution in [2.75, 3.05) is 14.2 Å². The lowest BCUT2D eigenvalue weighted by molar-refractivity contribution is -0.165. The lowest BCUT2D eigenvalue weighted by Crippen LogP contribution is -2.45. The SMILES string of the molecule is COC(=O)[C@H]1C[C@@H](O)[C@H](C(=O)OC)C[C@H]1O. The Hall–Kier alpha value is -1.14. The summed E-state index contributed by atoms with van der Waals surface area (Å²) < 4.78 is 9.01. The van der Waals surface area contributed by atoms with E-state index in [4.69, 9.17) is 0 Å². The number of esters is 2. The molecule has 0 unspecified atom stereocenters. The summed E-state index contributed by atoms with van der Waals surface area (Å²) >= 11 is 0. The largest absolute Gasteiger partial charge is 0.469 e. The summed E-state index contributed by atoms with van der Waals surface area (Å²) in [6.45, 7) is 0. The molecule has 1 aliphatic rings. The molecule has 6 heteroatoms. The zero-order chi connectivity index (χ0) is 12.3. The number of hydrogen-bond acceptors (Lipinski definition) is 6. The third-order valence-electron chi connectivity index (χ3n) is 2.93. The maximum atomic E-state index is 11.3. The number of carbonyl (C=O) groups is 2. The van der Waals surface area contributed by atoms with Crippen LogP contribution in [0.4, 0.5) is 0 Å². The van der Waals surface area contributed by atoms with Crippen molar-refractivity contribution in [2.45, 2.75) is 25.0 Å². The van der Waals surface area contributed by atoms with Gasteiger partial charge in [0.2, 0.25) is 0 Å². The highest BCUT2D eigenvalue weighted by atomic mass is 16.5. The molecule has 2 N–H and O–H groups in total. The Balaban J connectivity index is 2.70. The van der Waals surface area contributed by atoms with Crippen LogP contribution in [0.1, 0.15) is 12.8 Å². The molecule has 0 spiro atoms. The second-order valence-corrected chi connectivity index (χ2v) is 3.87. The summed E-state index contributed by atoms with van der Waals surface area (Å²) in [4.78, 5) is 22.5. The Kier molecular flexibility index (Phi) is 4.26. The summed E-state index contributed by atoms with van der Waals surface area (Å²) in [5.41, 5.74) is 0. The van der Waals surface area contributed by atoms with Gasteiger partial charge in [0, 0.05) is 0 Å². The summed E-state index contributed by atoms with van der Waals surface area (Å²) in [6, 6.07) is 0. The molecule has 0 aliphatic heterocycles. The number of carbonyl (C=O) groups excluding carboxylic acids is 2. The maximum Gasteiger partial charge on any atom is 0.311 e. The zero-order valence-electron chi connectivity index (χ0n) is 9.25. The van der Waals surface area contributed by atoms with Gasteiger partial charge in [-0.15, -0.1) is 0 Å². The van der Waals surface area contributed by atoms with Crippen LogP contribution < -0.4 is 0 Å². The molecule has 0 bridgehead atoms. The molecule has 1 fully saturated rings. The Morgan fingerprint density at radius 3 is 1.50 bits per heavy atom. The first-order valence-electron chi connectivity index (χ1n) is 5.03. The lowest BCUT2D eigenvalue weighted by Gasteiger charge is -2.33. The van der Waals surface area contributed by atoms with E-state index >= 15 is 0 Å². The number of methoxy groups -OCH3 is 2. The van der Waals surface area contributed by atoms with Gasteiger partial charge in [-0.2, -0.15) is 0 Å². The van der Waals surface area contributed by atoms with E-state index in [1.807, 2.05) is 0 Å². The lowest BCUT2D eigenvalue weighted by atomic mass is 9.78. The highest BCUT2D eigenvalue weighted by Gasteiger charge is 2.43. The molecule has 0 saturated heterocycles. The van der Waals surface area contributed by atoms with Gasteiger partial charge in [0.1, 0.15) is 0 Å². The normalized spacial score (nSPS) is 34.2. The van der Waals surface area contributed by atoms with Gasteiger partial charge in [-0.25, -0.2) is 0 Å². The first kappa shape index (κ1) is 12.9. The van der Waals surface area contributed by atoms with Crippen LogP contribution in [-0.4, -0.2) is 48.6 Å². The first-order chi connectivity index (χ1) is 7.51. The maximum absolute atomic E-state index is 11.3. The average molecular weight is 232 g/mol. The topological polar surface area (TPSA) is 93.1 Å². The van der Waals surface area contributed by atoms with Crippen LogP contribution in [0.15, 0.2) is 0 Å². The molecule has 16 heavy (non-hydrogen) atoms. The van der Waals surface area contributed by atoms with Crippen molar-refractivity contribution in [2.24, 2.45) is 11.8 Å². The van der Waals surface area contributed by atoms with E-state index in [0.29, 0.717) is 0 Å². The minimum absolute atomic E-state index is 0.00755. The van der Waals surface area contributed by atoms with E-state index < -0.39 is 36.0 Å². The van der Waals surface area contributed by atoms with Crippen molar-refractivity contribution >= 4 is 11.9 Å². The summed E-state index contributed by atoms with van der Waals surface area (Å²) in [6.07, 6.45) is -1.96. The smallest absolute Gasteiger partial charge is 0.311 e. The van der Waals surface area contributed by atoms with Crippen LogP contribution >= 0.6 is 0 Å². The molecule has 0 aromatic heterocycles. The van der Waals surface area contributed by atoms with Gasteiger partial charge in [-0.1, -0.05) is 0 Å². The van der Waals surface area contributed by atoms with Crippen molar-refractivity contribution in [3.63, 3.8) is 0 Å². The van der Waals surface area contributed by atoms with E-state index in [1.165, 1.54) is 14.2 Å². The molecule has 0 aromatic carbocycles. The monoisotopic (exact) mass is 232 g/mol. The van der Waals surface area contributed by atoms with Crippen molar-refractivity contribution in [1.82, 2.24) is 0 Å². The third kappa shape index (κ3) is 2.51. The van der Waals surface area contributed by atoms with E-state index in [1.54, 1.807) is 0 Å². The fourth-order valence-electron chi connectivity index (χ4n) is 1.97. The standard InChI is InChI=1S/C10H16O6/c1-15-9(13)5-3-8(12)6(4-7(5)11)10(14)16-2/h5-8,11-12H,3-4H2,1-2H3/t5-,6+,7-,8-/m1/s1. The van der Waals surface area contributed by atoms with Gasteiger partial charge in [-0.05, 0) is 12.8 Å². The molecule has 1 saturated carbocycles. The molecular weight excluding hydrogens is 216 g/mol. The Bertz CT molecular complexity index is 248. The number of hydrogen-bond donors (Lipinski definition) is 2. The third-order valence-corrected chi connectivity index (χ3v) is 2.93.